The van der Waals surface area contributed by atoms with Gasteiger partial charge in [-0.05, 0) is 22.9 Å². The average molecular weight is 224 g/mol. The van der Waals surface area contributed by atoms with Crippen LogP contribution in [0.25, 0.3) is 10.8 Å². The minimum absolute atomic E-state index is 0.651. The molecule has 0 aliphatic rings. The molecule has 0 spiro atoms. The van der Waals surface area contributed by atoms with E-state index in [2.05, 4.69) is 50.8 Å². The standard InChI is InChI=1S/C13H12N4/c1-2-4-11-7-12(6-5-10(11)3-1)14-8-13-15-9-16-17-13/h1-7,9,14H,8H2,(H,15,16,17). The number of nitrogens with zero attached hydrogens (tertiary/aromatic N) is 2. The molecule has 17 heavy (non-hydrogen) atoms. The van der Waals surface area contributed by atoms with E-state index in [4.69, 9.17) is 0 Å². The van der Waals surface area contributed by atoms with Crippen molar-refractivity contribution in [3.8, 4) is 0 Å². The number of nitrogens with one attached hydrogen (secondary N) is 2. The molecule has 84 valence electrons. The molecule has 1 aromatic heterocycles. The largest absolute Gasteiger partial charge is 0.378 e. The van der Waals surface area contributed by atoms with Crippen molar-refractivity contribution >= 4 is 16.5 Å². The number of anilines is 1. The summed E-state index contributed by atoms with van der Waals surface area (Å²) < 4.78 is 0. The Morgan fingerprint density at radius 1 is 1.06 bits per heavy atom. The van der Waals surface area contributed by atoms with Gasteiger partial charge in [-0.3, -0.25) is 5.10 Å². The molecule has 0 saturated heterocycles. The Hall–Kier alpha value is -2.36. The highest BCUT2D eigenvalue weighted by Gasteiger charge is 1.97. The van der Waals surface area contributed by atoms with Gasteiger partial charge in [-0.1, -0.05) is 30.3 Å². The van der Waals surface area contributed by atoms with Crippen LogP contribution in [0.4, 0.5) is 5.69 Å². The van der Waals surface area contributed by atoms with E-state index in [1.165, 1.54) is 17.1 Å². The molecule has 4 heteroatoms. The van der Waals surface area contributed by atoms with Crippen molar-refractivity contribution in [2.45, 2.75) is 6.54 Å². The molecule has 0 saturated carbocycles. The maximum atomic E-state index is 4.06. The lowest BCUT2D eigenvalue weighted by atomic mass is 10.1. The number of hydrogen-bond acceptors (Lipinski definition) is 3. The average Bonchev–Trinajstić information content (AvgIpc) is 2.89. The van der Waals surface area contributed by atoms with Gasteiger partial charge in [0.25, 0.3) is 0 Å². The molecular formula is C13H12N4. The van der Waals surface area contributed by atoms with E-state index < -0.39 is 0 Å². The van der Waals surface area contributed by atoms with Gasteiger partial charge in [0.05, 0.1) is 6.54 Å². The Morgan fingerprint density at radius 2 is 1.94 bits per heavy atom. The fraction of sp³-hybridized carbons (Fsp3) is 0.0769. The van der Waals surface area contributed by atoms with Crippen LogP contribution in [0.15, 0.2) is 48.8 Å². The summed E-state index contributed by atoms with van der Waals surface area (Å²) in [5, 5.41) is 12.4. The minimum Gasteiger partial charge on any atom is -0.378 e. The van der Waals surface area contributed by atoms with Crippen molar-refractivity contribution in [3.63, 3.8) is 0 Å². The van der Waals surface area contributed by atoms with Crippen LogP contribution >= 0.6 is 0 Å². The highest BCUT2D eigenvalue weighted by molar-refractivity contribution is 5.85. The third kappa shape index (κ3) is 2.10. The molecule has 4 nitrogen and oxygen atoms in total. The van der Waals surface area contributed by atoms with Crippen LogP contribution in [-0.2, 0) is 6.54 Å². The lowest BCUT2D eigenvalue weighted by molar-refractivity contribution is 0.955. The van der Waals surface area contributed by atoms with Gasteiger partial charge in [-0.15, -0.1) is 0 Å². The van der Waals surface area contributed by atoms with E-state index in [1.54, 1.807) is 0 Å². The molecule has 0 radical (unpaired) electrons. The molecule has 0 amide bonds. The first-order valence-corrected chi connectivity index (χ1v) is 5.49. The lowest BCUT2D eigenvalue weighted by Crippen LogP contribution is -2.00. The van der Waals surface area contributed by atoms with Crippen molar-refractivity contribution in [3.05, 3.63) is 54.6 Å². The summed E-state index contributed by atoms with van der Waals surface area (Å²) in [5.41, 5.74) is 1.08. The molecule has 0 bridgehead atoms. The van der Waals surface area contributed by atoms with Gasteiger partial charge in [0, 0.05) is 5.69 Å². The van der Waals surface area contributed by atoms with Gasteiger partial charge >= 0.3 is 0 Å². The van der Waals surface area contributed by atoms with Crippen LogP contribution < -0.4 is 5.32 Å². The van der Waals surface area contributed by atoms with Gasteiger partial charge in [-0.2, -0.15) is 5.10 Å². The van der Waals surface area contributed by atoms with Crippen LogP contribution in [0.1, 0.15) is 5.82 Å². The van der Waals surface area contributed by atoms with Gasteiger partial charge in [-0.25, -0.2) is 4.98 Å². The zero-order valence-corrected chi connectivity index (χ0v) is 9.22. The van der Waals surface area contributed by atoms with Gasteiger partial charge in [0.15, 0.2) is 0 Å². The summed E-state index contributed by atoms with van der Waals surface area (Å²) in [4.78, 5) is 4.06. The van der Waals surface area contributed by atoms with Gasteiger partial charge < -0.3 is 5.32 Å². The molecule has 0 fully saturated rings. The minimum atomic E-state index is 0.651. The van der Waals surface area contributed by atoms with E-state index in [0.29, 0.717) is 6.54 Å². The summed E-state index contributed by atoms with van der Waals surface area (Å²) in [5.74, 6) is 0.832. The molecule has 2 aromatic carbocycles. The summed E-state index contributed by atoms with van der Waals surface area (Å²) in [6.45, 7) is 0.651. The van der Waals surface area contributed by atoms with E-state index in [1.807, 2.05) is 12.1 Å². The topological polar surface area (TPSA) is 53.6 Å². The van der Waals surface area contributed by atoms with Crippen LogP contribution in [0.5, 0.6) is 0 Å². The second-order valence-corrected chi connectivity index (χ2v) is 3.85. The molecule has 3 aromatic rings. The Kier molecular flexibility index (Phi) is 2.46. The van der Waals surface area contributed by atoms with Gasteiger partial charge in [0.2, 0.25) is 0 Å². The molecular weight excluding hydrogens is 212 g/mol. The number of aromatic amines is 1. The smallest absolute Gasteiger partial charge is 0.143 e. The Balaban J connectivity index is 1.81. The first-order chi connectivity index (χ1) is 8.42. The first-order valence-electron chi connectivity index (χ1n) is 5.49. The summed E-state index contributed by atoms with van der Waals surface area (Å²) in [6.07, 6.45) is 1.51. The number of rotatable bonds is 3. The number of hydrogen-bond donors (Lipinski definition) is 2. The fourth-order valence-corrected chi connectivity index (χ4v) is 1.80. The fourth-order valence-electron chi connectivity index (χ4n) is 1.80. The Morgan fingerprint density at radius 3 is 2.76 bits per heavy atom. The van der Waals surface area contributed by atoms with Crippen LogP contribution in [0.3, 0.4) is 0 Å². The van der Waals surface area contributed by atoms with Crippen molar-refractivity contribution in [1.29, 1.82) is 0 Å². The van der Waals surface area contributed by atoms with E-state index >= 15 is 0 Å². The number of aromatic nitrogens is 3. The predicted molar refractivity (Wildman–Crippen MR) is 67.7 cm³/mol. The molecule has 1 heterocycles. The second kappa shape index (κ2) is 4.25. The second-order valence-electron chi connectivity index (χ2n) is 3.85. The maximum Gasteiger partial charge on any atom is 0.143 e. The SMILES string of the molecule is c1ccc2cc(NCc3ncn[nH]3)ccc2c1. The number of fused-ring (bicyclic) bond motifs is 1. The molecule has 0 aliphatic heterocycles. The quantitative estimate of drug-likeness (QED) is 0.719. The van der Waals surface area contributed by atoms with Crippen LogP contribution in [0.2, 0.25) is 0 Å². The normalized spacial score (nSPS) is 10.6. The zero-order chi connectivity index (χ0) is 11.5. The summed E-state index contributed by atoms with van der Waals surface area (Å²) >= 11 is 0. The monoisotopic (exact) mass is 224 g/mol. The Bertz CT molecular complexity index is 616. The predicted octanol–water partition coefficient (Wildman–Crippen LogP) is 2.57. The molecule has 0 aliphatic carbocycles. The van der Waals surface area contributed by atoms with Gasteiger partial charge in [0.1, 0.15) is 12.2 Å². The van der Waals surface area contributed by atoms with Crippen LogP contribution in [-0.4, -0.2) is 15.2 Å². The highest BCUT2D eigenvalue weighted by Crippen LogP contribution is 2.18. The molecule has 0 atom stereocenters. The summed E-state index contributed by atoms with van der Waals surface area (Å²) in [7, 11) is 0. The van der Waals surface area contributed by atoms with E-state index in [0.717, 1.165) is 11.5 Å². The molecule has 3 rings (SSSR count). The van der Waals surface area contributed by atoms with E-state index in [9.17, 15) is 0 Å². The lowest BCUT2D eigenvalue weighted by Gasteiger charge is -2.05. The van der Waals surface area contributed by atoms with Crippen molar-refractivity contribution < 1.29 is 0 Å². The number of H-pyrrole nitrogens is 1. The van der Waals surface area contributed by atoms with E-state index in [-0.39, 0.29) is 0 Å². The number of benzene rings is 2. The van der Waals surface area contributed by atoms with Crippen molar-refractivity contribution in [2.75, 3.05) is 5.32 Å². The highest BCUT2D eigenvalue weighted by atomic mass is 15.2. The third-order valence-electron chi connectivity index (χ3n) is 2.67. The molecule has 0 unspecified atom stereocenters. The third-order valence-corrected chi connectivity index (χ3v) is 2.67. The maximum absolute atomic E-state index is 4.06. The van der Waals surface area contributed by atoms with Crippen molar-refractivity contribution in [2.24, 2.45) is 0 Å². The van der Waals surface area contributed by atoms with Crippen molar-refractivity contribution in [1.82, 2.24) is 15.2 Å². The summed E-state index contributed by atoms with van der Waals surface area (Å²) in [6, 6.07) is 14.6. The molecule has 2 N–H and O–H groups in total. The first kappa shape index (κ1) is 9.84. The zero-order valence-electron chi connectivity index (χ0n) is 9.22. The van der Waals surface area contributed by atoms with Crippen LogP contribution in [0, 0.1) is 0 Å². The Labute approximate surface area is 98.7 Å².